The second kappa shape index (κ2) is 8.85. The number of methoxy groups -OCH3 is 1. The van der Waals surface area contributed by atoms with E-state index in [9.17, 15) is 19.5 Å². The van der Waals surface area contributed by atoms with E-state index in [0.717, 1.165) is 6.42 Å². The number of ether oxygens (including phenoxy) is 2. The molecule has 2 bridgehead atoms. The number of nitrogens with one attached hydrogen (secondary N) is 2. The summed E-state index contributed by atoms with van der Waals surface area (Å²) < 4.78 is 11.8. The SMILES string of the molecule is CCCNC(=O)[C@H]1[C@H]2C(=O)N([C@H](C)CO)C(C(=O)Nc3ccc(OC)cc3)C23CC(C)[C@]1(C)O3. The van der Waals surface area contributed by atoms with Gasteiger partial charge in [0, 0.05) is 12.2 Å². The fraction of sp³-hybridized carbons (Fsp3) is 0.640. The number of carbonyl (C=O) groups excluding carboxylic acids is 3. The molecule has 3 N–H and O–H groups in total. The van der Waals surface area contributed by atoms with Gasteiger partial charge >= 0.3 is 0 Å². The highest BCUT2D eigenvalue weighted by Crippen LogP contribution is 2.65. The van der Waals surface area contributed by atoms with E-state index in [1.165, 1.54) is 4.90 Å². The normalized spacial score (nSPS) is 34.6. The van der Waals surface area contributed by atoms with Gasteiger partial charge in [0.25, 0.3) is 0 Å². The number of hydrogen-bond acceptors (Lipinski definition) is 6. The number of fused-ring (bicyclic) bond motifs is 1. The van der Waals surface area contributed by atoms with Gasteiger partial charge in [0.2, 0.25) is 17.7 Å². The first-order valence-electron chi connectivity index (χ1n) is 12.0. The van der Waals surface area contributed by atoms with Gasteiger partial charge < -0.3 is 30.1 Å². The maximum atomic E-state index is 13.8. The van der Waals surface area contributed by atoms with Crippen LogP contribution in [0.5, 0.6) is 5.75 Å². The quantitative estimate of drug-likeness (QED) is 0.528. The summed E-state index contributed by atoms with van der Waals surface area (Å²) in [6.45, 7) is 7.76. The van der Waals surface area contributed by atoms with E-state index in [-0.39, 0.29) is 24.3 Å². The number of rotatable bonds is 8. The first-order chi connectivity index (χ1) is 16.1. The largest absolute Gasteiger partial charge is 0.497 e. The molecule has 7 atom stereocenters. The molecule has 9 nitrogen and oxygen atoms in total. The zero-order chi connectivity index (χ0) is 24.8. The van der Waals surface area contributed by atoms with E-state index in [4.69, 9.17) is 9.47 Å². The number of anilines is 1. The molecule has 3 aliphatic rings. The van der Waals surface area contributed by atoms with Gasteiger partial charge in [0.1, 0.15) is 17.4 Å². The molecule has 0 radical (unpaired) electrons. The molecule has 0 aliphatic carbocycles. The van der Waals surface area contributed by atoms with Crippen LogP contribution in [0.3, 0.4) is 0 Å². The minimum atomic E-state index is -1.14. The first kappa shape index (κ1) is 24.5. The van der Waals surface area contributed by atoms with E-state index in [0.29, 0.717) is 24.4 Å². The van der Waals surface area contributed by atoms with E-state index in [1.807, 2.05) is 20.8 Å². The van der Waals surface area contributed by atoms with E-state index < -0.39 is 41.0 Å². The van der Waals surface area contributed by atoms with Crippen LogP contribution in [0.4, 0.5) is 5.69 Å². The molecule has 3 amide bonds. The monoisotopic (exact) mass is 473 g/mol. The number of carbonyl (C=O) groups is 3. The van der Waals surface area contributed by atoms with E-state index in [1.54, 1.807) is 38.3 Å². The summed E-state index contributed by atoms with van der Waals surface area (Å²) in [5.41, 5.74) is -1.44. The summed E-state index contributed by atoms with van der Waals surface area (Å²) in [5, 5.41) is 15.8. The Bertz CT molecular complexity index is 968. The highest BCUT2D eigenvalue weighted by atomic mass is 16.5. The first-order valence-corrected chi connectivity index (χ1v) is 12.0. The topological polar surface area (TPSA) is 117 Å². The molecule has 3 saturated heterocycles. The van der Waals surface area contributed by atoms with Crippen molar-refractivity contribution in [2.45, 2.75) is 63.8 Å². The number of nitrogens with zero attached hydrogens (tertiary/aromatic N) is 1. The van der Waals surface area contributed by atoms with Crippen LogP contribution in [0.1, 0.15) is 40.5 Å². The summed E-state index contributed by atoms with van der Waals surface area (Å²) in [7, 11) is 1.56. The van der Waals surface area contributed by atoms with Gasteiger partial charge in [-0.3, -0.25) is 14.4 Å². The number of amides is 3. The molecule has 4 rings (SSSR count). The van der Waals surface area contributed by atoms with Crippen LogP contribution in [-0.2, 0) is 19.1 Å². The number of hydrogen-bond donors (Lipinski definition) is 3. The fourth-order valence-corrected chi connectivity index (χ4v) is 6.18. The Labute approximate surface area is 200 Å². The van der Waals surface area contributed by atoms with Crippen LogP contribution in [-0.4, -0.2) is 71.3 Å². The minimum Gasteiger partial charge on any atom is -0.497 e. The Kier molecular flexibility index (Phi) is 6.37. The summed E-state index contributed by atoms with van der Waals surface area (Å²) in [4.78, 5) is 42.3. The third-order valence-electron chi connectivity index (χ3n) is 7.93. The lowest BCUT2D eigenvalue weighted by molar-refractivity contribution is -0.148. The molecule has 1 aromatic rings. The van der Waals surface area contributed by atoms with Crippen molar-refractivity contribution in [3.63, 3.8) is 0 Å². The van der Waals surface area contributed by atoms with E-state index >= 15 is 0 Å². The summed E-state index contributed by atoms with van der Waals surface area (Å²) in [6, 6.07) is 5.34. The Balaban J connectivity index is 1.73. The molecule has 3 heterocycles. The number of aliphatic hydroxyl groups excluding tert-OH is 1. The number of benzene rings is 1. The third kappa shape index (κ3) is 3.48. The molecule has 0 aromatic heterocycles. The van der Waals surface area contributed by atoms with Crippen LogP contribution in [0, 0.1) is 17.8 Å². The summed E-state index contributed by atoms with van der Waals surface area (Å²) in [6.07, 6.45) is 1.25. The standard InChI is InChI=1S/C25H35N3O6/c1-6-11-26-21(30)18-19-23(32)28(15(3)13-29)20(25(19)12-14(2)24(18,4)34-25)22(31)27-16-7-9-17(33-5)10-8-16/h7-10,14-15,18-20,29H,6,11-13H2,1-5H3,(H,26,30)(H,27,31)/t14?,15-,18-,19+,20?,24+,25?/m1/s1. The second-order valence-electron chi connectivity index (χ2n) is 9.99. The molecule has 3 unspecified atom stereocenters. The zero-order valence-corrected chi connectivity index (χ0v) is 20.5. The Hall–Kier alpha value is -2.65. The van der Waals surface area contributed by atoms with Gasteiger partial charge in [-0.15, -0.1) is 0 Å². The molecule has 186 valence electrons. The predicted molar refractivity (Wildman–Crippen MR) is 125 cm³/mol. The fourth-order valence-electron chi connectivity index (χ4n) is 6.18. The third-order valence-corrected chi connectivity index (χ3v) is 7.93. The lowest BCUT2D eigenvalue weighted by Gasteiger charge is -2.36. The van der Waals surface area contributed by atoms with Crippen LogP contribution < -0.4 is 15.4 Å². The number of likely N-dealkylation sites (tertiary alicyclic amines) is 1. The van der Waals surface area contributed by atoms with E-state index in [2.05, 4.69) is 10.6 Å². The minimum absolute atomic E-state index is 0.0328. The van der Waals surface area contributed by atoms with Gasteiger partial charge in [-0.2, -0.15) is 0 Å². The maximum absolute atomic E-state index is 13.8. The van der Waals surface area contributed by atoms with Crippen molar-refractivity contribution in [3.05, 3.63) is 24.3 Å². The lowest BCUT2D eigenvalue weighted by atomic mass is 9.62. The summed E-state index contributed by atoms with van der Waals surface area (Å²) in [5.74, 6) is -1.80. The predicted octanol–water partition coefficient (Wildman–Crippen LogP) is 1.55. The zero-order valence-electron chi connectivity index (χ0n) is 20.5. The molecular formula is C25H35N3O6. The summed E-state index contributed by atoms with van der Waals surface area (Å²) >= 11 is 0. The van der Waals surface area contributed by atoms with Crippen LogP contribution in [0.2, 0.25) is 0 Å². The number of aliphatic hydroxyl groups is 1. The van der Waals surface area contributed by atoms with Crippen LogP contribution >= 0.6 is 0 Å². The van der Waals surface area contributed by atoms with Crippen molar-refractivity contribution in [2.75, 3.05) is 25.6 Å². The molecule has 0 saturated carbocycles. The molecule has 3 aliphatic heterocycles. The smallest absolute Gasteiger partial charge is 0.250 e. The lowest BCUT2D eigenvalue weighted by Crippen LogP contribution is -2.56. The molecule has 1 aromatic carbocycles. The average molecular weight is 474 g/mol. The van der Waals surface area contributed by atoms with Crippen molar-refractivity contribution in [3.8, 4) is 5.75 Å². The van der Waals surface area contributed by atoms with Crippen molar-refractivity contribution in [2.24, 2.45) is 17.8 Å². The molecule has 1 spiro atoms. The highest BCUT2D eigenvalue weighted by Gasteiger charge is 2.80. The van der Waals surface area contributed by atoms with Crippen molar-refractivity contribution >= 4 is 23.4 Å². The molecular weight excluding hydrogens is 438 g/mol. The van der Waals surface area contributed by atoms with Crippen LogP contribution in [0.25, 0.3) is 0 Å². The average Bonchev–Trinajstić information content (AvgIpc) is 3.34. The van der Waals surface area contributed by atoms with Gasteiger partial charge in [-0.05, 0) is 56.9 Å². The Morgan fingerprint density at radius 3 is 2.56 bits per heavy atom. The van der Waals surface area contributed by atoms with Gasteiger partial charge in [0.15, 0.2) is 0 Å². The Morgan fingerprint density at radius 1 is 1.29 bits per heavy atom. The van der Waals surface area contributed by atoms with Crippen molar-refractivity contribution in [1.82, 2.24) is 10.2 Å². The molecule has 9 heteroatoms. The highest BCUT2D eigenvalue weighted by molar-refractivity contribution is 6.04. The molecule has 3 fully saturated rings. The van der Waals surface area contributed by atoms with Gasteiger partial charge in [-0.25, -0.2) is 0 Å². The van der Waals surface area contributed by atoms with Gasteiger partial charge in [0.05, 0.1) is 37.2 Å². The second-order valence-corrected chi connectivity index (χ2v) is 9.99. The molecule has 34 heavy (non-hydrogen) atoms. The van der Waals surface area contributed by atoms with Crippen molar-refractivity contribution in [1.29, 1.82) is 0 Å². The Morgan fingerprint density at radius 2 is 1.97 bits per heavy atom. The van der Waals surface area contributed by atoms with Gasteiger partial charge in [-0.1, -0.05) is 13.8 Å². The maximum Gasteiger partial charge on any atom is 0.250 e. The van der Waals surface area contributed by atoms with Crippen LogP contribution in [0.15, 0.2) is 24.3 Å². The van der Waals surface area contributed by atoms with Crippen molar-refractivity contribution < 1.29 is 29.0 Å².